The molecule has 0 radical (unpaired) electrons. The summed E-state index contributed by atoms with van der Waals surface area (Å²) in [7, 11) is 0. The van der Waals surface area contributed by atoms with Crippen molar-refractivity contribution in [3.63, 3.8) is 0 Å². The molecule has 2 heterocycles. The van der Waals surface area contributed by atoms with Gasteiger partial charge in [0.25, 0.3) is 0 Å². The summed E-state index contributed by atoms with van der Waals surface area (Å²) in [6.07, 6.45) is 0.872. The Labute approximate surface area is 104 Å². The first-order valence-electron chi connectivity index (χ1n) is 5.93. The third-order valence-electron chi connectivity index (χ3n) is 2.92. The van der Waals surface area contributed by atoms with Crippen LogP contribution in [0.2, 0.25) is 0 Å². The van der Waals surface area contributed by atoms with E-state index in [1.165, 1.54) is 0 Å². The molecule has 0 spiro atoms. The topological polar surface area (TPSA) is 93.4 Å². The predicted molar refractivity (Wildman–Crippen MR) is 65.7 cm³/mol. The molecule has 96 valence electrons. The number of rotatable bonds is 2. The van der Waals surface area contributed by atoms with Crippen LogP contribution in [-0.2, 0) is 0 Å². The largest absolute Gasteiger partial charge is 0.489 e. The average Bonchev–Trinajstić information content (AvgIpc) is 2.66. The highest BCUT2D eigenvalue weighted by molar-refractivity contribution is 5.80. The molecule has 18 heavy (non-hydrogen) atoms. The summed E-state index contributed by atoms with van der Waals surface area (Å²) in [5.74, 6) is 1.98. The Hall–Kier alpha value is -1.79. The van der Waals surface area contributed by atoms with Crippen molar-refractivity contribution in [1.29, 1.82) is 0 Å². The number of nitrogens with zero attached hydrogens (tertiary/aromatic N) is 1. The molecule has 6 heteroatoms. The second kappa shape index (κ2) is 4.47. The predicted octanol–water partition coefficient (Wildman–Crippen LogP) is 0.716. The number of aromatic amines is 1. The monoisotopic (exact) mass is 249 g/mol. The van der Waals surface area contributed by atoms with Crippen molar-refractivity contribution in [2.45, 2.75) is 12.5 Å². The molecule has 1 aromatic carbocycles. The lowest BCUT2D eigenvalue weighted by Gasteiger charge is -2.05. The van der Waals surface area contributed by atoms with E-state index >= 15 is 0 Å². The molecular formula is C12H15N3O3. The van der Waals surface area contributed by atoms with Crippen LogP contribution in [0.4, 0.5) is 0 Å². The van der Waals surface area contributed by atoms with Gasteiger partial charge in [-0.2, -0.15) is 0 Å². The minimum absolute atomic E-state index is 0.146. The highest BCUT2D eigenvalue weighted by atomic mass is 16.5. The molecule has 1 aliphatic rings. The van der Waals surface area contributed by atoms with Crippen molar-refractivity contribution in [2.24, 2.45) is 5.73 Å². The Kier molecular flexibility index (Phi) is 2.81. The molecule has 0 saturated carbocycles. The zero-order chi connectivity index (χ0) is 12.5. The summed E-state index contributed by atoms with van der Waals surface area (Å²) in [6, 6.07) is 3.19. The van der Waals surface area contributed by atoms with Crippen LogP contribution >= 0.6 is 0 Å². The van der Waals surface area contributed by atoms with E-state index in [0.29, 0.717) is 30.5 Å². The summed E-state index contributed by atoms with van der Waals surface area (Å²) >= 11 is 0. The molecule has 4 N–H and O–H groups in total. The fraction of sp³-hybridized carbons (Fsp3) is 0.417. The van der Waals surface area contributed by atoms with E-state index < -0.39 is 6.04 Å². The van der Waals surface area contributed by atoms with Crippen LogP contribution in [0, 0.1) is 0 Å². The van der Waals surface area contributed by atoms with Gasteiger partial charge in [0.2, 0.25) is 0 Å². The second-order valence-electron chi connectivity index (χ2n) is 4.28. The first kappa shape index (κ1) is 11.3. The van der Waals surface area contributed by atoms with Crippen LogP contribution in [0.1, 0.15) is 18.3 Å². The Morgan fingerprint density at radius 3 is 2.78 bits per heavy atom. The number of benzene rings is 1. The minimum Gasteiger partial charge on any atom is -0.489 e. The fourth-order valence-corrected chi connectivity index (χ4v) is 1.95. The normalized spacial score (nSPS) is 16.6. The van der Waals surface area contributed by atoms with Crippen molar-refractivity contribution in [3.05, 3.63) is 18.0 Å². The number of aliphatic hydroxyl groups is 1. The van der Waals surface area contributed by atoms with Crippen molar-refractivity contribution >= 4 is 11.0 Å². The van der Waals surface area contributed by atoms with Crippen LogP contribution < -0.4 is 15.2 Å². The van der Waals surface area contributed by atoms with Gasteiger partial charge in [-0.05, 0) is 0 Å². The molecule has 0 saturated heterocycles. The van der Waals surface area contributed by atoms with Gasteiger partial charge in [0.05, 0.1) is 36.9 Å². The molecule has 1 aliphatic heterocycles. The second-order valence-corrected chi connectivity index (χ2v) is 4.28. The molecule has 0 aliphatic carbocycles. The third-order valence-corrected chi connectivity index (χ3v) is 2.92. The molecule has 1 aromatic heterocycles. The number of hydrogen-bond acceptors (Lipinski definition) is 5. The van der Waals surface area contributed by atoms with Gasteiger partial charge in [-0.25, -0.2) is 4.98 Å². The fourth-order valence-electron chi connectivity index (χ4n) is 1.95. The van der Waals surface area contributed by atoms with Gasteiger partial charge < -0.3 is 25.3 Å². The molecule has 2 aromatic rings. The Balaban J connectivity index is 2.06. The maximum absolute atomic E-state index is 9.03. The van der Waals surface area contributed by atoms with Gasteiger partial charge in [0, 0.05) is 18.6 Å². The summed E-state index contributed by atoms with van der Waals surface area (Å²) in [5.41, 5.74) is 7.32. The van der Waals surface area contributed by atoms with Crippen LogP contribution in [0.25, 0.3) is 11.0 Å². The lowest BCUT2D eigenvalue weighted by atomic mass is 10.3. The van der Waals surface area contributed by atoms with Crippen molar-refractivity contribution in [2.75, 3.05) is 19.8 Å². The molecule has 0 amide bonds. The maximum Gasteiger partial charge on any atom is 0.163 e. The van der Waals surface area contributed by atoms with Crippen molar-refractivity contribution in [3.8, 4) is 11.5 Å². The van der Waals surface area contributed by atoms with Crippen molar-refractivity contribution in [1.82, 2.24) is 9.97 Å². The van der Waals surface area contributed by atoms with Crippen LogP contribution in [-0.4, -0.2) is 34.9 Å². The Bertz CT molecular complexity index is 524. The van der Waals surface area contributed by atoms with Gasteiger partial charge in [-0.15, -0.1) is 0 Å². The summed E-state index contributed by atoms with van der Waals surface area (Å²) in [4.78, 5) is 7.43. The number of imidazole rings is 1. The maximum atomic E-state index is 9.03. The van der Waals surface area contributed by atoms with E-state index in [2.05, 4.69) is 9.97 Å². The summed E-state index contributed by atoms with van der Waals surface area (Å²) in [5, 5.41) is 9.03. The molecule has 1 atom stereocenters. The first-order chi connectivity index (χ1) is 8.78. The van der Waals surface area contributed by atoms with E-state index in [4.69, 9.17) is 20.3 Å². The van der Waals surface area contributed by atoms with Crippen molar-refractivity contribution < 1.29 is 14.6 Å². The van der Waals surface area contributed by atoms with E-state index in [-0.39, 0.29) is 6.61 Å². The van der Waals surface area contributed by atoms with Gasteiger partial charge in [0.1, 0.15) is 5.82 Å². The van der Waals surface area contributed by atoms with Gasteiger partial charge in [0.15, 0.2) is 11.5 Å². The Morgan fingerprint density at radius 2 is 2.06 bits per heavy atom. The van der Waals surface area contributed by atoms with Crippen LogP contribution in [0.15, 0.2) is 12.1 Å². The first-order valence-corrected chi connectivity index (χ1v) is 5.93. The number of nitrogens with one attached hydrogen (secondary N) is 1. The molecule has 0 bridgehead atoms. The lowest BCUT2D eigenvalue weighted by Crippen LogP contribution is -2.15. The van der Waals surface area contributed by atoms with Gasteiger partial charge in [-0.1, -0.05) is 0 Å². The van der Waals surface area contributed by atoms with E-state index in [9.17, 15) is 0 Å². The van der Waals surface area contributed by atoms with Gasteiger partial charge in [-0.3, -0.25) is 0 Å². The number of H-pyrrole nitrogens is 1. The zero-order valence-corrected chi connectivity index (χ0v) is 9.85. The number of fused-ring (bicyclic) bond motifs is 2. The lowest BCUT2D eigenvalue weighted by molar-refractivity contribution is 0.264. The number of nitrogens with two attached hydrogens (primary N) is 1. The number of hydrogen-bond donors (Lipinski definition) is 3. The standard InChI is InChI=1S/C12H15N3O3/c13-7(6-16)12-14-8-4-10-11(5-9(8)15-12)18-3-1-2-17-10/h4-5,7,16H,1-3,6,13H2,(H,14,15). The Morgan fingerprint density at radius 1 is 1.33 bits per heavy atom. The zero-order valence-electron chi connectivity index (χ0n) is 9.85. The van der Waals surface area contributed by atoms with E-state index in [0.717, 1.165) is 17.5 Å². The average molecular weight is 249 g/mol. The quantitative estimate of drug-likeness (QED) is 0.729. The minimum atomic E-state index is -0.501. The highest BCUT2D eigenvalue weighted by Crippen LogP contribution is 2.33. The third kappa shape index (κ3) is 1.89. The van der Waals surface area contributed by atoms with Crippen LogP contribution in [0.5, 0.6) is 11.5 Å². The van der Waals surface area contributed by atoms with E-state index in [1.807, 2.05) is 12.1 Å². The molecule has 1 unspecified atom stereocenters. The molecule has 6 nitrogen and oxygen atoms in total. The molecular weight excluding hydrogens is 234 g/mol. The van der Waals surface area contributed by atoms with Crippen LogP contribution in [0.3, 0.4) is 0 Å². The van der Waals surface area contributed by atoms with Gasteiger partial charge >= 0.3 is 0 Å². The molecule has 0 fully saturated rings. The highest BCUT2D eigenvalue weighted by Gasteiger charge is 2.15. The van der Waals surface area contributed by atoms with E-state index in [1.54, 1.807) is 0 Å². The smallest absolute Gasteiger partial charge is 0.163 e. The summed E-state index contributed by atoms with van der Waals surface area (Å²) in [6.45, 7) is 1.15. The number of aromatic nitrogens is 2. The number of aliphatic hydroxyl groups excluding tert-OH is 1. The molecule has 3 rings (SSSR count). The summed E-state index contributed by atoms with van der Waals surface area (Å²) < 4.78 is 11.2. The number of ether oxygens (including phenoxy) is 2. The SMILES string of the molecule is NC(CO)c1nc2cc3c(cc2[nH]1)OCCCO3.